The molecule has 1 heterocycles. The van der Waals surface area contributed by atoms with E-state index in [0.29, 0.717) is 4.47 Å². The van der Waals surface area contributed by atoms with Crippen LogP contribution in [0.3, 0.4) is 0 Å². The third-order valence-corrected chi connectivity index (χ3v) is 3.73. The predicted octanol–water partition coefficient (Wildman–Crippen LogP) is 3.49. The summed E-state index contributed by atoms with van der Waals surface area (Å²) in [4.78, 5) is 3.99. The summed E-state index contributed by atoms with van der Waals surface area (Å²) >= 11 is 3.31. The van der Waals surface area contributed by atoms with Crippen molar-refractivity contribution in [1.29, 1.82) is 0 Å². The Morgan fingerprint density at radius 3 is 2.67 bits per heavy atom. The molecule has 94 valence electrons. The van der Waals surface area contributed by atoms with Gasteiger partial charge in [0.15, 0.2) is 0 Å². The molecule has 0 aliphatic rings. The van der Waals surface area contributed by atoms with Crippen LogP contribution < -0.4 is 5.32 Å². The Hall–Kier alpha value is -1.26. The van der Waals surface area contributed by atoms with Crippen LogP contribution in [0.2, 0.25) is 0 Å². The monoisotopic (exact) mass is 308 g/mol. The summed E-state index contributed by atoms with van der Waals surface area (Å²) in [6, 6.07) is 9.11. The molecule has 0 saturated carbocycles. The summed E-state index contributed by atoms with van der Waals surface area (Å²) in [5, 5.41) is 3.22. The lowest BCUT2D eigenvalue weighted by atomic mass is 9.99. The van der Waals surface area contributed by atoms with Crippen LogP contribution in [0.5, 0.6) is 0 Å². The minimum absolute atomic E-state index is 0.0671. The first-order valence-electron chi connectivity index (χ1n) is 5.72. The van der Waals surface area contributed by atoms with E-state index in [4.69, 9.17) is 0 Å². The van der Waals surface area contributed by atoms with Gasteiger partial charge in [0.2, 0.25) is 0 Å². The second kappa shape index (κ2) is 6.07. The fourth-order valence-corrected chi connectivity index (χ4v) is 2.45. The summed E-state index contributed by atoms with van der Waals surface area (Å²) in [6.45, 7) is 0. The smallest absolute Gasteiger partial charge is 0.137 e. The van der Waals surface area contributed by atoms with Gasteiger partial charge < -0.3 is 5.32 Å². The van der Waals surface area contributed by atoms with Crippen LogP contribution in [0.25, 0.3) is 0 Å². The van der Waals surface area contributed by atoms with Crippen LogP contribution in [-0.4, -0.2) is 12.0 Å². The van der Waals surface area contributed by atoms with Crippen molar-refractivity contribution < 1.29 is 4.39 Å². The molecule has 1 unspecified atom stereocenters. The fourth-order valence-electron chi connectivity index (χ4n) is 1.91. The van der Waals surface area contributed by atoms with Gasteiger partial charge in [-0.15, -0.1) is 0 Å². The lowest BCUT2D eigenvalue weighted by molar-refractivity contribution is 0.571. The number of likely N-dealkylation sites (N-methyl/N-ethyl adjacent to an activating group) is 1. The molecule has 2 rings (SSSR count). The second-order valence-corrected chi connectivity index (χ2v) is 4.84. The van der Waals surface area contributed by atoms with E-state index in [0.717, 1.165) is 12.0 Å². The number of nitrogens with one attached hydrogen (secondary N) is 1. The molecule has 1 aromatic carbocycles. The number of halogens is 2. The molecule has 0 aliphatic carbocycles. The molecule has 0 aliphatic heterocycles. The van der Waals surface area contributed by atoms with Crippen molar-refractivity contribution in [3.8, 4) is 0 Å². The van der Waals surface area contributed by atoms with Gasteiger partial charge in [0, 0.05) is 18.4 Å². The maximum Gasteiger partial charge on any atom is 0.137 e. The Morgan fingerprint density at radius 2 is 2.00 bits per heavy atom. The van der Waals surface area contributed by atoms with Crippen LogP contribution in [-0.2, 0) is 6.42 Å². The van der Waals surface area contributed by atoms with Crippen molar-refractivity contribution in [2.75, 3.05) is 7.05 Å². The van der Waals surface area contributed by atoms with Gasteiger partial charge in [0.25, 0.3) is 0 Å². The van der Waals surface area contributed by atoms with Crippen molar-refractivity contribution >= 4 is 15.9 Å². The molecule has 1 N–H and O–H groups in total. The van der Waals surface area contributed by atoms with Gasteiger partial charge >= 0.3 is 0 Å². The van der Waals surface area contributed by atoms with E-state index in [1.54, 1.807) is 18.5 Å². The van der Waals surface area contributed by atoms with E-state index in [9.17, 15) is 4.39 Å². The average Bonchev–Trinajstić information content (AvgIpc) is 2.41. The third kappa shape index (κ3) is 2.94. The SMILES string of the molecule is CNC(Cc1ccncc1)c1cccc(F)c1Br. The third-order valence-electron chi connectivity index (χ3n) is 2.89. The van der Waals surface area contributed by atoms with Crippen LogP contribution in [0, 0.1) is 5.82 Å². The first kappa shape index (κ1) is 13.2. The standard InChI is InChI=1S/C14H14BrFN2/c1-17-13(9-10-5-7-18-8-6-10)11-3-2-4-12(16)14(11)15/h2-8,13,17H,9H2,1H3. The van der Waals surface area contributed by atoms with E-state index in [-0.39, 0.29) is 11.9 Å². The molecule has 1 atom stereocenters. The molecule has 0 fully saturated rings. The highest BCUT2D eigenvalue weighted by Crippen LogP contribution is 2.28. The summed E-state index contributed by atoms with van der Waals surface area (Å²) in [5.74, 6) is -0.234. The first-order chi connectivity index (χ1) is 8.72. The molecule has 0 bridgehead atoms. The number of pyridine rings is 1. The maximum absolute atomic E-state index is 13.5. The minimum atomic E-state index is -0.234. The Kier molecular flexibility index (Phi) is 4.44. The van der Waals surface area contributed by atoms with Gasteiger partial charge in [-0.1, -0.05) is 12.1 Å². The molecule has 0 saturated heterocycles. The van der Waals surface area contributed by atoms with Crippen molar-refractivity contribution in [3.63, 3.8) is 0 Å². The van der Waals surface area contributed by atoms with E-state index < -0.39 is 0 Å². The minimum Gasteiger partial charge on any atom is -0.313 e. The molecule has 2 aromatic rings. The molecule has 18 heavy (non-hydrogen) atoms. The van der Waals surface area contributed by atoms with Gasteiger partial charge in [-0.3, -0.25) is 4.98 Å². The molecule has 0 spiro atoms. The van der Waals surface area contributed by atoms with Crippen molar-refractivity contribution in [1.82, 2.24) is 10.3 Å². The number of hydrogen-bond donors (Lipinski definition) is 1. The van der Waals surface area contributed by atoms with E-state index in [1.165, 1.54) is 11.6 Å². The number of rotatable bonds is 4. The zero-order chi connectivity index (χ0) is 13.0. The van der Waals surface area contributed by atoms with Gasteiger partial charge in [0.05, 0.1) is 4.47 Å². The lowest BCUT2D eigenvalue weighted by Gasteiger charge is -2.18. The molecule has 1 aromatic heterocycles. The Balaban J connectivity index is 2.26. The topological polar surface area (TPSA) is 24.9 Å². The van der Waals surface area contributed by atoms with E-state index in [2.05, 4.69) is 26.2 Å². The van der Waals surface area contributed by atoms with Crippen molar-refractivity contribution in [2.24, 2.45) is 0 Å². The number of hydrogen-bond acceptors (Lipinski definition) is 2. The Bertz CT molecular complexity index is 516. The maximum atomic E-state index is 13.5. The van der Waals surface area contributed by atoms with Crippen LogP contribution >= 0.6 is 15.9 Å². The highest BCUT2D eigenvalue weighted by atomic mass is 79.9. The zero-order valence-corrected chi connectivity index (χ0v) is 11.6. The molecular formula is C14H14BrFN2. The average molecular weight is 309 g/mol. The van der Waals surface area contributed by atoms with E-state index >= 15 is 0 Å². The first-order valence-corrected chi connectivity index (χ1v) is 6.51. The summed E-state index contributed by atoms with van der Waals surface area (Å²) in [7, 11) is 1.88. The Morgan fingerprint density at radius 1 is 1.28 bits per heavy atom. The number of benzene rings is 1. The van der Waals surface area contributed by atoms with Crippen molar-refractivity contribution in [3.05, 3.63) is 64.1 Å². The highest BCUT2D eigenvalue weighted by molar-refractivity contribution is 9.10. The van der Waals surface area contributed by atoms with Gasteiger partial charge in [0.1, 0.15) is 5.82 Å². The van der Waals surface area contributed by atoms with Crippen molar-refractivity contribution in [2.45, 2.75) is 12.5 Å². The lowest BCUT2D eigenvalue weighted by Crippen LogP contribution is -2.19. The molecule has 0 radical (unpaired) electrons. The van der Waals surface area contributed by atoms with Gasteiger partial charge in [-0.05, 0) is 58.7 Å². The van der Waals surface area contributed by atoms with Crippen LogP contribution in [0.4, 0.5) is 4.39 Å². The predicted molar refractivity (Wildman–Crippen MR) is 73.8 cm³/mol. The second-order valence-electron chi connectivity index (χ2n) is 4.04. The largest absolute Gasteiger partial charge is 0.313 e. The molecule has 2 nitrogen and oxygen atoms in total. The van der Waals surface area contributed by atoms with Gasteiger partial charge in [-0.25, -0.2) is 4.39 Å². The summed E-state index contributed by atoms with van der Waals surface area (Å²) in [6.07, 6.45) is 4.33. The van der Waals surface area contributed by atoms with Gasteiger partial charge in [-0.2, -0.15) is 0 Å². The van der Waals surface area contributed by atoms with Crippen LogP contribution in [0.15, 0.2) is 47.2 Å². The zero-order valence-electron chi connectivity index (χ0n) is 10.0. The molecular weight excluding hydrogens is 295 g/mol. The molecule has 0 amide bonds. The molecule has 4 heteroatoms. The summed E-state index contributed by atoms with van der Waals surface area (Å²) in [5.41, 5.74) is 2.09. The van der Waals surface area contributed by atoms with E-state index in [1.807, 2.05) is 25.2 Å². The highest BCUT2D eigenvalue weighted by Gasteiger charge is 2.15. The quantitative estimate of drug-likeness (QED) is 0.935. The number of nitrogens with zero attached hydrogens (tertiary/aromatic N) is 1. The number of aromatic nitrogens is 1. The summed E-state index contributed by atoms with van der Waals surface area (Å²) < 4.78 is 14.1. The normalized spacial score (nSPS) is 12.4. The Labute approximate surface area is 114 Å². The fraction of sp³-hybridized carbons (Fsp3) is 0.214. The van der Waals surface area contributed by atoms with Crippen LogP contribution in [0.1, 0.15) is 17.2 Å².